The van der Waals surface area contributed by atoms with E-state index in [1.54, 1.807) is 0 Å². The molecule has 0 N–H and O–H groups in total. The average molecular weight is 397 g/mol. The zero-order valence-electron chi connectivity index (χ0n) is 9.19. The van der Waals surface area contributed by atoms with E-state index in [4.69, 9.17) is 0 Å². The van der Waals surface area contributed by atoms with Gasteiger partial charge in [-0.05, 0) is 25.7 Å². The van der Waals surface area contributed by atoms with Crippen LogP contribution in [0.3, 0.4) is 0 Å². The molecule has 0 rings (SSSR count). The summed E-state index contributed by atoms with van der Waals surface area (Å²) in [5, 5.41) is 19.3. The molecular weight excluding hydrogens is 379 g/mol. The Labute approximate surface area is 105 Å². The number of aliphatic carboxylic acids is 2. The van der Waals surface area contributed by atoms with Crippen molar-refractivity contribution in [1.29, 1.82) is 0 Å². The molecule has 0 heterocycles. The quantitative estimate of drug-likeness (QED) is 0.625. The molecule has 0 aliphatic rings. The van der Waals surface area contributed by atoms with Crippen LogP contribution in [0.5, 0.6) is 0 Å². The second-order valence-electron chi connectivity index (χ2n) is 2.95. The maximum atomic E-state index is 9.65. The molecule has 0 aromatic carbocycles. The molecule has 92 valence electrons. The first-order valence-corrected chi connectivity index (χ1v) is 4.94. The third-order valence-electron chi connectivity index (χ3n) is 1.47. The Morgan fingerprint density at radius 3 is 1.20 bits per heavy atom. The minimum absolute atomic E-state index is 0. The molecule has 0 spiro atoms. The number of hydrogen-bond donors (Lipinski definition) is 0. The fourth-order valence-corrected chi connectivity index (χ4v) is 0.642. The molecule has 0 aliphatic carbocycles. The zero-order valence-corrected chi connectivity index (χ0v) is 11.5. The van der Waals surface area contributed by atoms with Gasteiger partial charge in [0.25, 0.3) is 0 Å². The predicted molar refractivity (Wildman–Crippen MR) is 49.1 cm³/mol. The summed E-state index contributed by atoms with van der Waals surface area (Å²) in [5.74, 6) is -1.89. The molecule has 0 saturated heterocycles. The number of carboxylic acid groups (broad SMARTS) is 2. The molecule has 0 saturated carbocycles. The van der Waals surface area contributed by atoms with Crippen molar-refractivity contribution in [2.24, 2.45) is 0 Å². The van der Waals surface area contributed by atoms with Gasteiger partial charge in [0, 0.05) is 11.9 Å². The van der Waals surface area contributed by atoms with Crippen molar-refractivity contribution >= 4 is 11.9 Å². The summed E-state index contributed by atoms with van der Waals surface area (Å²) in [4.78, 5) is 19.3. The van der Waals surface area contributed by atoms with Gasteiger partial charge in [-0.1, -0.05) is 26.7 Å². The van der Waals surface area contributed by atoms with Crippen LogP contribution < -0.4 is 10.2 Å². The van der Waals surface area contributed by atoms with Crippen LogP contribution in [0.2, 0.25) is 0 Å². The molecule has 0 aliphatic heterocycles. The average Bonchev–Trinajstić information content (AvgIpc) is 2.12. The third-order valence-corrected chi connectivity index (χ3v) is 1.47. The topological polar surface area (TPSA) is 80.3 Å². The van der Waals surface area contributed by atoms with Crippen LogP contribution in [-0.4, -0.2) is 11.9 Å². The second kappa shape index (κ2) is 16.1. The van der Waals surface area contributed by atoms with E-state index in [9.17, 15) is 19.8 Å². The van der Waals surface area contributed by atoms with Gasteiger partial charge in [0.1, 0.15) is 0 Å². The minimum atomic E-state index is -0.943. The van der Waals surface area contributed by atoms with Crippen molar-refractivity contribution < 1.29 is 40.9 Å². The number of carboxylic acids is 2. The summed E-state index contributed by atoms with van der Waals surface area (Å²) in [6, 6.07) is 0. The number of hydrogen-bond acceptors (Lipinski definition) is 4. The molecular formula is C10H18O4Pt. The molecule has 5 heteroatoms. The Kier molecular flexibility index (Phi) is 21.5. The van der Waals surface area contributed by atoms with Crippen molar-refractivity contribution in [3.05, 3.63) is 0 Å². The van der Waals surface area contributed by atoms with Crippen molar-refractivity contribution in [2.75, 3.05) is 0 Å². The van der Waals surface area contributed by atoms with Gasteiger partial charge in [-0.2, -0.15) is 0 Å². The van der Waals surface area contributed by atoms with Crippen molar-refractivity contribution in [1.82, 2.24) is 0 Å². The Morgan fingerprint density at radius 2 is 1.13 bits per heavy atom. The molecule has 0 radical (unpaired) electrons. The van der Waals surface area contributed by atoms with Crippen LogP contribution in [-0.2, 0) is 30.7 Å². The van der Waals surface area contributed by atoms with Crippen LogP contribution >= 0.6 is 0 Å². The SMILES string of the molecule is CCCCC(=O)[O-].CCCCC(=O)[O-].[Pt+2]. The first-order chi connectivity index (χ1) is 6.54. The van der Waals surface area contributed by atoms with Crippen molar-refractivity contribution in [2.45, 2.75) is 52.4 Å². The minimum Gasteiger partial charge on any atom is -0.550 e. The van der Waals surface area contributed by atoms with Gasteiger partial charge in [-0.15, -0.1) is 0 Å². The number of carbonyl (C=O) groups is 2. The molecule has 0 atom stereocenters. The first kappa shape index (κ1) is 20.1. The van der Waals surface area contributed by atoms with Gasteiger partial charge in [-0.25, -0.2) is 0 Å². The summed E-state index contributed by atoms with van der Waals surface area (Å²) in [5.41, 5.74) is 0. The third kappa shape index (κ3) is 31.7. The van der Waals surface area contributed by atoms with Crippen LogP contribution in [0.4, 0.5) is 0 Å². The summed E-state index contributed by atoms with van der Waals surface area (Å²) in [7, 11) is 0. The van der Waals surface area contributed by atoms with Gasteiger partial charge in [0.05, 0.1) is 0 Å². The summed E-state index contributed by atoms with van der Waals surface area (Å²) in [6.07, 6.45) is 3.74. The Bertz CT molecular complexity index is 142. The molecule has 15 heavy (non-hydrogen) atoms. The first-order valence-electron chi connectivity index (χ1n) is 4.94. The number of rotatable bonds is 6. The normalized spacial score (nSPS) is 8.13. The molecule has 0 unspecified atom stereocenters. The Hall–Kier alpha value is -0.372. The van der Waals surface area contributed by atoms with Crippen LogP contribution in [0.25, 0.3) is 0 Å². The van der Waals surface area contributed by atoms with E-state index in [-0.39, 0.29) is 33.9 Å². The summed E-state index contributed by atoms with van der Waals surface area (Å²) in [6.45, 7) is 3.89. The van der Waals surface area contributed by atoms with E-state index in [0.29, 0.717) is 0 Å². The van der Waals surface area contributed by atoms with E-state index < -0.39 is 11.9 Å². The Morgan fingerprint density at radius 1 is 0.867 bits per heavy atom. The Balaban J connectivity index is -0.000000180. The van der Waals surface area contributed by atoms with Gasteiger partial charge in [0.15, 0.2) is 0 Å². The molecule has 4 nitrogen and oxygen atoms in total. The van der Waals surface area contributed by atoms with E-state index >= 15 is 0 Å². The molecule has 0 amide bonds. The standard InChI is InChI=1S/2C5H10O2.Pt/c2*1-2-3-4-5(6)7;/h2*2-4H2,1H3,(H,6,7);/q;;+2/p-2. The van der Waals surface area contributed by atoms with Crippen molar-refractivity contribution in [3.63, 3.8) is 0 Å². The van der Waals surface area contributed by atoms with Gasteiger partial charge >= 0.3 is 21.1 Å². The zero-order chi connectivity index (χ0) is 11.4. The summed E-state index contributed by atoms with van der Waals surface area (Å²) < 4.78 is 0. The fraction of sp³-hybridized carbons (Fsp3) is 0.800. The molecule has 0 fully saturated rings. The van der Waals surface area contributed by atoms with Gasteiger partial charge in [-0.3, -0.25) is 0 Å². The molecule has 0 bridgehead atoms. The van der Waals surface area contributed by atoms with Crippen molar-refractivity contribution in [3.8, 4) is 0 Å². The largest absolute Gasteiger partial charge is 2.00 e. The maximum absolute atomic E-state index is 9.65. The number of carbonyl (C=O) groups excluding carboxylic acids is 2. The molecule has 0 aromatic heterocycles. The number of unbranched alkanes of at least 4 members (excludes halogenated alkanes) is 2. The van der Waals surface area contributed by atoms with E-state index in [2.05, 4.69) is 0 Å². The van der Waals surface area contributed by atoms with Crippen LogP contribution in [0.15, 0.2) is 0 Å². The van der Waals surface area contributed by atoms with Crippen LogP contribution in [0, 0.1) is 0 Å². The smallest absolute Gasteiger partial charge is 0.550 e. The van der Waals surface area contributed by atoms with Gasteiger partial charge in [0.2, 0.25) is 0 Å². The summed E-state index contributed by atoms with van der Waals surface area (Å²) >= 11 is 0. The van der Waals surface area contributed by atoms with E-state index in [0.717, 1.165) is 25.7 Å². The van der Waals surface area contributed by atoms with E-state index in [1.807, 2.05) is 13.8 Å². The van der Waals surface area contributed by atoms with E-state index in [1.165, 1.54) is 0 Å². The molecule has 0 aromatic rings. The predicted octanol–water partition coefficient (Wildman–Crippen LogP) is -0.149. The fourth-order valence-electron chi connectivity index (χ4n) is 0.642. The van der Waals surface area contributed by atoms with Crippen LogP contribution in [0.1, 0.15) is 52.4 Å². The van der Waals surface area contributed by atoms with Gasteiger partial charge < -0.3 is 19.8 Å². The maximum Gasteiger partial charge on any atom is 2.00 e. The second-order valence-corrected chi connectivity index (χ2v) is 2.95. The monoisotopic (exact) mass is 397 g/mol.